The highest BCUT2D eigenvalue weighted by Crippen LogP contribution is 2.28. The molecule has 0 radical (unpaired) electrons. The molecule has 8 nitrogen and oxygen atoms in total. The van der Waals surface area contributed by atoms with Gasteiger partial charge in [0.05, 0.1) is 26.1 Å². The summed E-state index contributed by atoms with van der Waals surface area (Å²) < 4.78 is 39.7. The molecule has 0 saturated heterocycles. The number of ether oxygens (including phenoxy) is 2. The summed E-state index contributed by atoms with van der Waals surface area (Å²) in [7, 11) is 0.992. The van der Waals surface area contributed by atoms with Gasteiger partial charge in [-0.1, -0.05) is 6.07 Å². The van der Waals surface area contributed by atoms with Crippen LogP contribution in [0.2, 0.25) is 0 Å². The number of methoxy groups -OCH3 is 2. The molecule has 9 heteroatoms. The van der Waals surface area contributed by atoms with Gasteiger partial charge in [-0.25, -0.2) is 13.1 Å². The van der Waals surface area contributed by atoms with E-state index in [2.05, 4.69) is 14.8 Å². The van der Waals surface area contributed by atoms with E-state index in [1.54, 1.807) is 23.1 Å². The van der Waals surface area contributed by atoms with Crippen molar-refractivity contribution in [3.05, 3.63) is 54.5 Å². The van der Waals surface area contributed by atoms with Gasteiger partial charge in [0.1, 0.15) is 16.4 Å². The van der Waals surface area contributed by atoms with Crippen molar-refractivity contribution < 1.29 is 17.9 Å². The molecule has 27 heavy (non-hydrogen) atoms. The fourth-order valence-electron chi connectivity index (χ4n) is 2.51. The minimum Gasteiger partial charge on any atom is -0.497 e. The maximum atomic E-state index is 12.6. The van der Waals surface area contributed by atoms with E-state index in [1.165, 1.54) is 26.4 Å². The normalized spacial score (nSPS) is 11.4. The van der Waals surface area contributed by atoms with E-state index < -0.39 is 10.0 Å². The lowest BCUT2D eigenvalue weighted by molar-refractivity contribution is 0.386. The van der Waals surface area contributed by atoms with Crippen LogP contribution in [-0.4, -0.2) is 37.4 Å². The Morgan fingerprint density at radius 2 is 1.93 bits per heavy atom. The predicted octanol–water partition coefficient (Wildman–Crippen LogP) is 1.98. The summed E-state index contributed by atoms with van der Waals surface area (Å²) in [5.74, 6) is 0.730. The van der Waals surface area contributed by atoms with Crippen LogP contribution in [-0.2, 0) is 23.6 Å². The number of aryl methyl sites for hydroxylation is 1. The third kappa shape index (κ3) is 4.26. The summed E-state index contributed by atoms with van der Waals surface area (Å²) in [5, 5.41) is 4.11. The Kier molecular flexibility index (Phi) is 5.43. The van der Waals surface area contributed by atoms with Gasteiger partial charge in [-0.3, -0.25) is 9.67 Å². The van der Waals surface area contributed by atoms with E-state index in [0.717, 1.165) is 16.8 Å². The van der Waals surface area contributed by atoms with E-state index in [4.69, 9.17) is 9.47 Å². The van der Waals surface area contributed by atoms with Crippen LogP contribution in [0, 0.1) is 0 Å². The van der Waals surface area contributed by atoms with Gasteiger partial charge in [0.25, 0.3) is 0 Å². The number of sulfonamides is 1. The average molecular weight is 388 g/mol. The van der Waals surface area contributed by atoms with Crippen molar-refractivity contribution in [3.8, 4) is 22.8 Å². The van der Waals surface area contributed by atoms with Crippen LogP contribution in [0.25, 0.3) is 11.3 Å². The van der Waals surface area contributed by atoms with Gasteiger partial charge in [-0.2, -0.15) is 5.10 Å². The van der Waals surface area contributed by atoms with Crippen LogP contribution in [0.4, 0.5) is 0 Å². The molecule has 2 aromatic heterocycles. The maximum absolute atomic E-state index is 12.6. The molecule has 3 aromatic rings. The molecule has 1 N–H and O–H groups in total. The molecule has 0 unspecified atom stereocenters. The number of benzene rings is 1. The van der Waals surface area contributed by atoms with E-state index in [-0.39, 0.29) is 17.2 Å². The molecule has 0 bridgehead atoms. The standard InChI is InChI=1S/C18H20N4O4S/c1-22-12-14(11-20-22)16-6-4-13(9-19-16)10-21-27(23,24)18-7-5-15(25-2)8-17(18)26-3/h4-9,11-12,21H,10H2,1-3H3. The molecule has 0 aliphatic rings. The second-order valence-corrected chi connectivity index (χ2v) is 7.53. The van der Waals surface area contributed by atoms with Gasteiger partial charge in [0, 0.05) is 37.6 Å². The first kappa shape index (κ1) is 18.9. The van der Waals surface area contributed by atoms with Gasteiger partial charge in [0.15, 0.2) is 0 Å². The molecular weight excluding hydrogens is 368 g/mol. The van der Waals surface area contributed by atoms with Gasteiger partial charge in [-0.05, 0) is 23.8 Å². The van der Waals surface area contributed by atoms with E-state index in [0.29, 0.717) is 5.75 Å². The number of pyridine rings is 1. The number of nitrogens with one attached hydrogen (secondary N) is 1. The Labute approximate surface area is 157 Å². The molecule has 2 heterocycles. The van der Waals surface area contributed by atoms with Crippen molar-refractivity contribution in [3.63, 3.8) is 0 Å². The van der Waals surface area contributed by atoms with Crippen LogP contribution < -0.4 is 14.2 Å². The molecule has 0 fully saturated rings. The van der Waals surface area contributed by atoms with Crippen molar-refractivity contribution in [1.82, 2.24) is 19.5 Å². The van der Waals surface area contributed by atoms with Gasteiger partial charge < -0.3 is 9.47 Å². The maximum Gasteiger partial charge on any atom is 0.244 e. The zero-order valence-electron chi connectivity index (χ0n) is 15.2. The van der Waals surface area contributed by atoms with Crippen LogP contribution in [0.15, 0.2) is 53.8 Å². The summed E-state index contributed by atoms with van der Waals surface area (Å²) in [6.45, 7) is 0.109. The average Bonchev–Trinajstić information content (AvgIpc) is 3.12. The number of hydrogen-bond acceptors (Lipinski definition) is 6. The highest BCUT2D eigenvalue weighted by molar-refractivity contribution is 7.89. The fraction of sp³-hybridized carbons (Fsp3) is 0.222. The Morgan fingerprint density at radius 1 is 1.11 bits per heavy atom. The molecule has 0 saturated carbocycles. The zero-order chi connectivity index (χ0) is 19.4. The number of rotatable bonds is 7. The Bertz CT molecular complexity index is 1030. The Morgan fingerprint density at radius 3 is 2.52 bits per heavy atom. The van der Waals surface area contributed by atoms with Crippen LogP contribution >= 0.6 is 0 Å². The summed E-state index contributed by atoms with van der Waals surface area (Å²) in [6.07, 6.45) is 5.22. The second-order valence-electron chi connectivity index (χ2n) is 5.80. The molecule has 0 amide bonds. The first-order chi connectivity index (χ1) is 12.9. The van der Waals surface area contributed by atoms with Crippen LogP contribution in [0.5, 0.6) is 11.5 Å². The minimum absolute atomic E-state index is 0.0470. The minimum atomic E-state index is -3.76. The highest BCUT2D eigenvalue weighted by atomic mass is 32.2. The first-order valence-corrected chi connectivity index (χ1v) is 9.57. The molecule has 142 valence electrons. The van der Waals surface area contributed by atoms with Crippen molar-refractivity contribution in [2.24, 2.45) is 7.05 Å². The topological polar surface area (TPSA) is 95.3 Å². The van der Waals surface area contributed by atoms with E-state index in [1.807, 2.05) is 25.4 Å². The second kappa shape index (κ2) is 7.77. The van der Waals surface area contributed by atoms with Crippen LogP contribution in [0.3, 0.4) is 0 Å². The molecule has 1 aromatic carbocycles. The van der Waals surface area contributed by atoms with Crippen LogP contribution in [0.1, 0.15) is 5.56 Å². The number of aromatic nitrogens is 3. The highest BCUT2D eigenvalue weighted by Gasteiger charge is 2.20. The summed E-state index contributed by atoms with van der Waals surface area (Å²) >= 11 is 0. The fourth-order valence-corrected chi connectivity index (χ4v) is 3.67. The predicted molar refractivity (Wildman–Crippen MR) is 100 cm³/mol. The van der Waals surface area contributed by atoms with E-state index in [9.17, 15) is 8.42 Å². The van der Waals surface area contributed by atoms with Crippen molar-refractivity contribution in [1.29, 1.82) is 0 Å². The molecule has 0 spiro atoms. The number of nitrogens with zero attached hydrogens (tertiary/aromatic N) is 3. The van der Waals surface area contributed by atoms with Crippen molar-refractivity contribution >= 4 is 10.0 Å². The first-order valence-electron chi connectivity index (χ1n) is 8.08. The van der Waals surface area contributed by atoms with E-state index >= 15 is 0 Å². The lowest BCUT2D eigenvalue weighted by Crippen LogP contribution is -2.23. The third-order valence-corrected chi connectivity index (χ3v) is 5.39. The van der Waals surface area contributed by atoms with Gasteiger partial charge in [-0.15, -0.1) is 0 Å². The smallest absolute Gasteiger partial charge is 0.244 e. The molecular formula is C18H20N4O4S. The monoisotopic (exact) mass is 388 g/mol. The summed E-state index contributed by atoms with van der Waals surface area (Å²) in [5.41, 5.74) is 2.40. The van der Waals surface area contributed by atoms with Gasteiger partial charge >= 0.3 is 0 Å². The Hall–Kier alpha value is -2.91. The molecule has 0 aliphatic carbocycles. The number of hydrogen-bond donors (Lipinski definition) is 1. The Balaban J connectivity index is 1.74. The summed E-state index contributed by atoms with van der Waals surface area (Å²) in [6, 6.07) is 8.20. The summed E-state index contributed by atoms with van der Waals surface area (Å²) in [4.78, 5) is 4.41. The third-order valence-electron chi connectivity index (χ3n) is 3.95. The SMILES string of the molecule is COc1ccc(S(=O)(=O)NCc2ccc(-c3cnn(C)c3)nc2)c(OC)c1. The zero-order valence-corrected chi connectivity index (χ0v) is 16.0. The molecule has 0 aliphatic heterocycles. The van der Waals surface area contributed by atoms with Crippen molar-refractivity contribution in [2.45, 2.75) is 11.4 Å². The largest absolute Gasteiger partial charge is 0.497 e. The van der Waals surface area contributed by atoms with Crippen molar-refractivity contribution in [2.75, 3.05) is 14.2 Å². The quantitative estimate of drug-likeness (QED) is 0.665. The lowest BCUT2D eigenvalue weighted by Gasteiger charge is -2.12. The molecule has 3 rings (SSSR count). The molecule has 0 atom stereocenters. The van der Waals surface area contributed by atoms with Gasteiger partial charge in [0.2, 0.25) is 10.0 Å². The lowest BCUT2D eigenvalue weighted by atomic mass is 10.2.